The van der Waals surface area contributed by atoms with Crippen molar-refractivity contribution in [2.45, 2.75) is 6.42 Å². The van der Waals surface area contributed by atoms with Gasteiger partial charge in [-0.15, -0.1) is 0 Å². The Hall–Kier alpha value is -1.01. The molecule has 1 fully saturated rings. The molecule has 0 aliphatic carbocycles. The second-order valence-electron chi connectivity index (χ2n) is 3.52. The summed E-state index contributed by atoms with van der Waals surface area (Å²) in [6, 6.07) is 0. The molecule has 16 heavy (non-hydrogen) atoms. The molecule has 1 aliphatic heterocycles. The van der Waals surface area contributed by atoms with Crippen LogP contribution < -0.4 is 0 Å². The molecule has 1 heterocycles. The predicted octanol–water partition coefficient (Wildman–Crippen LogP) is 0.521. The number of thioether (sulfide) groups is 1. The molecule has 5 nitrogen and oxygen atoms in total. The van der Waals surface area contributed by atoms with Crippen LogP contribution in [0.2, 0.25) is 0 Å². The number of rotatable bonds is 5. The molecule has 0 atom stereocenters. The lowest BCUT2D eigenvalue weighted by Crippen LogP contribution is -2.33. The highest BCUT2D eigenvalue weighted by molar-refractivity contribution is 7.99. The summed E-state index contributed by atoms with van der Waals surface area (Å²) in [5.74, 6) is -0.226. The average molecular weight is 245 g/mol. The van der Waals surface area contributed by atoms with Gasteiger partial charge in [-0.25, -0.2) is 9.59 Å². The van der Waals surface area contributed by atoms with Crippen LogP contribution >= 0.6 is 11.8 Å². The molecule has 0 amide bonds. The van der Waals surface area contributed by atoms with Gasteiger partial charge in [-0.2, -0.15) is 11.8 Å². The maximum absolute atomic E-state index is 10.8. The van der Waals surface area contributed by atoms with E-state index in [-0.39, 0.29) is 12.0 Å². The lowest BCUT2D eigenvalue weighted by Gasteiger charge is -2.25. The first-order valence-corrected chi connectivity index (χ1v) is 6.22. The molecule has 0 unspecified atom stereocenters. The van der Waals surface area contributed by atoms with Gasteiger partial charge in [-0.3, -0.25) is 0 Å². The molecule has 2 N–H and O–H groups in total. The van der Waals surface area contributed by atoms with Crippen molar-refractivity contribution in [3.05, 3.63) is 11.6 Å². The van der Waals surface area contributed by atoms with Crippen LogP contribution in [0.15, 0.2) is 11.6 Å². The van der Waals surface area contributed by atoms with E-state index in [9.17, 15) is 9.59 Å². The van der Waals surface area contributed by atoms with Crippen LogP contribution in [0.1, 0.15) is 6.42 Å². The summed E-state index contributed by atoms with van der Waals surface area (Å²) in [6.07, 6.45) is 1.06. The summed E-state index contributed by atoms with van der Waals surface area (Å²) in [5.41, 5.74) is -0.0364. The van der Waals surface area contributed by atoms with Gasteiger partial charge >= 0.3 is 11.9 Å². The van der Waals surface area contributed by atoms with Crippen molar-refractivity contribution in [1.82, 2.24) is 4.90 Å². The second-order valence-corrected chi connectivity index (χ2v) is 4.74. The van der Waals surface area contributed by atoms with E-state index in [4.69, 9.17) is 10.2 Å². The topological polar surface area (TPSA) is 77.8 Å². The molecule has 0 aromatic rings. The van der Waals surface area contributed by atoms with Crippen LogP contribution in [0.4, 0.5) is 0 Å². The summed E-state index contributed by atoms with van der Waals surface area (Å²) >= 11 is 1.88. The molecule has 0 aromatic heterocycles. The van der Waals surface area contributed by atoms with Crippen LogP contribution in [-0.2, 0) is 9.59 Å². The van der Waals surface area contributed by atoms with Gasteiger partial charge in [-0.05, 0) is 6.42 Å². The summed E-state index contributed by atoms with van der Waals surface area (Å²) in [4.78, 5) is 23.3. The molecule has 0 spiro atoms. The Labute approximate surface area is 98.1 Å². The number of hydrogen-bond donors (Lipinski definition) is 2. The zero-order valence-corrected chi connectivity index (χ0v) is 9.70. The number of aliphatic carboxylic acids is 2. The fourth-order valence-corrected chi connectivity index (χ4v) is 2.47. The number of carbonyl (C=O) groups is 2. The van der Waals surface area contributed by atoms with Crippen molar-refractivity contribution in [2.24, 2.45) is 0 Å². The Morgan fingerprint density at radius 2 is 1.88 bits per heavy atom. The van der Waals surface area contributed by atoms with E-state index in [1.807, 2.05) is 11.8 Å². The lowest BCUT2D eigenvalue weighted by molar-refractivity contribution is -0.135. The molecule has 1 rings (SSSR count). The van der Waals surface area contributed by atoms with Crippen LogP contribution in [0.5, 0.6) is 0 Å². The summed E-state index contributed by atoms with van der Waals surface area (Å²) in [5, 5.41) is 17.3. The van der Waals surface area contributed by atoms with Gasteiger partial charge in [0.15, 0.2) is 0 Å². The SMILES string of the molecule is O=C(O)C=C(CCN1CCSCC1)C(=O)O. The smallest absolute Gasteiger partial charge is 0.331 e. The first-order chi connectivity index (χ1) is 7.59. The van der Waals surface area contributed by atoms with Crippen LogP contribution in [0.25, 0.3) is 0 Å². The Morgan fingerprint density at radius 1 is 1.25 bits per heavy atom. The first kappa shape index (κ1) is 13.1. The fraction of sp³-hybridized carbons (Fsp3) is 0.600. The van der Waals surface area contributed by atoms with Crippen molar-refractivity contribution < 1.29 is 19.8 Å². The monoisotopic (exact) mass is 245 g/mol. The Bertz CT molecular complexity index is 297. The van der Waals surface area contributed by atoms with Gasteiger partial charge in [0.05, 0.1) is 0 Å². The van der Waals surface area contributed by atoms with Crippen molar-refractivity contribution >= 4 is 23.7 Å². The fourth-order valence-electron chi connectivity index (χ4n) is 1.49. The minimum Gasteiger partial charge on any atom is -0.478 e. The van der Waals surface area contributed by atoms with Gasteiger partial charge in [0.25, 0.3) is 0 Å². The van der Waals surface area contributed by atoms with Crippen molar-refractivity contribution in [1.29, 1.82) is 0 Å². The van der Waals surface area contributed by atoms with E-state index in [1.165, 1.54) is 0 Å². The van der Waals surface area contributed by atoms with Gasteiger partial charge in [0.1, 0.15) is 0 Å². The Kier molecular flexibility index (Phi) is 5.34. The van der Waals surface area contributed by atoms with E-state index in [0.29, 0.717) is 6.54 Å². The van der Waals surface area contributed by atoms with Crippen LogP contribution in [0, 0.1) is 0 Å². The highest BCUT2D eigenvalue weighted by atomic mass is 32.2. The largest absolute Gasteiger partial charge is 0.478 e. The standard InChI is InChI=1S/C10H15NO4S/c12-9(13)7-8(10(14)15)1-2-11-3-5-16-6-4-11/h7H,1-6H2,(H,12,13)(H,14,15). The number of carboxylic acid groups (broad SMARTS) is 2. The molecule has 1 aliphatic rings. The third-order valence-corrected chi connectivity index (χ3v) is 3.32. The first-order valence-electron chi connectivity index (χ1n) is 5.06. The molecule has 1 saturated heterocycles. The third kappa shape index (κ3) is 4.67. The maximum Gasteiger partial charge on any atom is 0.331 e. The predicted molar refractivity (Wildman–Crippen MR) is 61.7 cm³/mol. The molecular formula is C10H15NO4S. The van der Waals surface area contributed by atoms with Gasteiger partial charge in [-0.1, -0.05) is 0 Å². The minimum absolute atomic E-state index is 0.0364. The summed E-state index contributed by atoms with van der Waals surface area (Å²) in [6.45, 7) is 2.52. The zero-order chi connectivity index (χ0) is 12.0. The quantitative estimate of drug-likeness (QED) is 0.688. The third-order valence-electron chi connectivity index (χ3n) is 2.37. The number of hydrogen-bond acceptors (Lipinski definition) is 4. The Morgan fingerprint density at radius 3 is 2.38 bits per heavy atom. The van der Waals surface area contributed by atoms with Gasteiger partial charge in [0.2, 0.25) is 0 Å². The summed E-state index contributed by atoms with van der Waals surface area (Å²) < 4.78 is 0. The molecule has 0 aromatic carbocycles. The van der Waals surface area contributed by atoms with E-state index in [0.717, 1.165) is 30.7 Å². The van der Waals surface area contributed by atoms with E-state index in [1.54, 1.807) is 0 Å². The molecule has 0 bridgehead atoms. The highest BCUT2D eigenvalue weighted by Gasteiger charge is 2.14. The van der Waals surface area contributed by atoms with E-state index >= 15 is 0 Å². The Balaban J connectivity index is 2.43. The van der Waals surface area contributed by atoms with Crippen molar-refractivity contribution in [3.8, 4) is 0 Å². The van der Waals surface area contributed by atoms with Crippen LogP contribution in [0.3, 0.4) is 0 Å². The van der Waals surface area contributed by atoms with Crippen molar-refractivity contribution in [2.75, 3.05) is 31.1 Å². The molecule has 0 radical (unpaired) electrons. The van der Waals surface area contributed by atoms with Gasteiger partial charge in [0, 0.05) is 42.8 Å². The summed E-state index contributed by atoms with van der Waals surface area (Å²) in [7, 11) is 0. The normalized spacial score (nSPS) is 18.4. The van der Waals surface area contributed by atoms with Gasteiger partial charge < -0.3 is 15.1 Å². The van der Waals surface area contributed by atoms with Crippen LogP contribution in [-0.4, -0.2) is 58.2 Å². The zero-order valence-electron chi connectivity index (χ0n) is 8.89. The van der Waals surface area contributed by atoms with E-state index in [2.05, 4.69) is 4.90 Å². The second kappa shape index (κ2) is 6.55. The minimum atomic E-state index is -1.20. The lowest BCUT2D eigenvalue weighted by atomic mass is 10.1. The molecule has 6 heteroatoms. The molecular weight excluding hydrogens is 230 g/mol. The van der Waals surface area contributed by atoms with Crippen molar-refractivity contribution in [3.63, 3.8) is 0 Å². The highest BCUT2D eigenvalue weighted by Crippen LogP contribution is 2.11. The molecule has 0 saturated carbocycles. The maximum atomic E-state index is 10.8. The molecule has 90 valence electrons. The van der Waals surface area contributed by atoms with E-state index < -0.39 is 11.9 Å². The average Bonchev–Trinajstić information content (AvgIpc) is 2.25. The number of nitrogens with zero attached hydrogens (tertiary/aromatic N) is 1. The number of carboxylic acids is 2.